The van der Waals surface area contributed by atoms with Gasteiger partial charge in [0, 0.05) is 6.04 Å². The van der Waals surface area contributed by atoms with Gasteiger partial charge < -0.3 is 5.32 Å². The van der Waals surface area contributed by atoms with Crippen LogP contribution in [0.25, 0.3) is 0 Å². The minimum atomic E-state index is 0.608. The fraction of sp³-hybridized carbons (Fsp3) is 0.600. The molecule has 0 amide bonds. The number of nitrogens with one attached hydrogen (secondary N) is 1. The summed E-state index contributed by atoms with van der Waals surface area (Å²) >= 11 is 0. The van der Waals surface area contributed by atoms with E-state index in [1.165, 1.54) is 24.0 Å². The van der Waals surface area contributed by atoms with Gasteiger partial charge in [0.05, 0.1) is 0 Å². The molecule has 0 aromatic heterocycles. The van der Waals surface area contributed by atoms with Gasteiger partial charge >= 0.3 is 0 Å². The molecule has 0 bridgehead atoms. The Kier molecular flexibility index (Phi) is 5.54. The van der Waals surface area contributed by atoms with Crippen molar-refractivity contribution in [3.63, 3.8) is 0 Å². The van der Waals surface area contributed by atoms with Crippen molar-refractivity contribution in [3.05, 3.63) is 35.4 Å². The molecule has 0 aliphatic rings. The third-order valence-electron chi connectivity index (χ3n) is 3.10. The van der Waals surface area contributed by atoms with Crippen LogP contribution in [0.15, 0.2) is 24.3 Å². The van der Waals surface area contributed by atoms with Crippen molar-refractivity contribution >= 4 is 0 Å². The highest BCUT2D eigenvalue weighted by Gasteiger charge is 2.09. The second-order valence-corrected chi connectivity index (χ2v) is 4.90. The highest BCUT2D eigenvalue weighted by atomic mass is 14.9. The molecule has 0 radical (unpaired) electrons. The first kappa shape index (κ1) is 13.2. The molecule has 1 aromatic rings. The monoisotopic (exact) mass is 219 g/mol. The van der Waals surface area contributed by atoms with Gasteiger partial charge in [-0.15, -0.1) is 0 Å². The van der Waals surface area contributed by atoms with Crippen molar-refractivity contribution in [2.45, 2.75) is 52.5 Å². The first-order valence-electron chi connectivity index (χ1n) is 6.43. The zero-order chi connectivity index (χ0) is 12.0. The quantitative estimate of drug-likeness (QED) is 0.765. The molecule has 0 spiro atoms. The standard InChI is InChI=1S/C15H25N/c1-5-10-16-14(4)11-13(3)15-8-6-12(2)7-9-15/h6-9,13-14,16H,5,10-11H2,1-4H3. The molecule has 1 aromatic carbocycles. The second-order valence-electron chi connectivity index (χ2n) is 4.90. The zero-order valence-corrected chi connectivity index (χ0v) is 11.1. The van der Waals surface area contributed by atoms with Crippen LogP contribution in [0.3, 0.4) is 0 Å². The van der Waals surface area contributed by atoms with Crippen molar-refractivity contribution in [2.24, 2.45) is 0 Å². The Morgan fingerprint density at radius 1 is 1.12 bits per heavy atom. The first-order valence-corrected chi connectivity index (χ1v) is 6.43. The van der Waals surface area contributed by atoms with Crippen molar-refractivity contribution in [2.75, 3.05) is 6.54 Å². The molecule has 0 aliphatic heterocycles. The fourth-order valence-electron chi connectivity index (χ4n) is 2.04. The van der Waals surface area contributed by atoms with E-state index in [4.69, 9.17) is 0 Å². The van der Waals surface area contributed by atoms with Crippen molar-refractivity contribution in [1.82, 2.24) is 5.32 Å². The summed E-state index contributed by atoms with van der Waals surface area (Å²) in [4.78, 5) is 0. The lowest BCUT2D eigenvalue weighted by molar-refractivity contribution is 0.479. The van der Waals surface area contributed by atoms with Gasteiger partial charge in [-0.1, -0.05) is 43.7 Å². The Labute approximate surface area is 100 Å². The molecular weight excluding hydrogens is 194 g/mol. The number of benzene rings is 1. The minimum Gasteiger partial charge on any atom is -0.314 e. The smallest absolute Gasteiger partial charge is 0.00444 e. The number of hydrogen-bond donors (Lipinski definition) is 1. The summed E-state index contributed by atoms with van der Waals surface area (Å²) in [5.41, 5.74) is 2.80. The largest absolute Gasteiger partial charge is 0.314 e. The summed E-state index contributed by atoms with van der Waals surface area (Å²) in [6.07, 6.45) is 2.42. The SMILES string of the molecule is CCCNC(C)CC(C)c1ccc(C)cc1. The van der Waals surface area contributed by atoms with Gasteiger partial charge in [-0.3, -0.25) is 0 Å². The van der Waals surface area contributed by atoms with Crippen LogP contribution in [0.2, 0.25) is 0 Å². The van der Waals surface area contributed by atoms with Crippen LogP contribution in [0, 0.1) is 6.92 Å². The van der Waals surface area contributed by atoms with Gasteiger partial charge in [0.25, 0.3) is 0 Å². The number of hydrogen-bond acceptors (Lipinski definition) is 1. The van der Waals surface area contributed by atoms with Crippen LogP contribution < -0.4 is 5.32 Å². The molecule has 2 atom stereocenters. The van der Waals surface area contributed by atoms with Gasteiger partial charge in [0.15, 0.2) is 0 Å². The Morgan fingerprint density at radius 3 is 2.31 bits per heavy atom. The summed E-state index contributed by atoms with van der Waals surface area (Å²) in [6, 6.07) is 9.53. The minimum absolute atomic E-state index is 0.608. The maximum Gasteiger partial charge on any atom is 0.00444 e. The zero-order valence-electron chi connectivity index (χ0n) is 11.1. The Bertz CT molecular complexity index is 289. The van der Waals surface area contributed by atoms with Crippen molar-refractivity contribution < 1.29 is 0 Å². The summed E-state index contributed by atoms with van der Waals surface area (Å²) in [5, 5.41) is 3.54. The maximum absolute atomic E-state index is 3.54. The first-order chi connectivity index (χ1) is 7.63. The molecule has 16 heavy (non-hydrogen) atoms. The van der Waals surface area contributed by atoms with E-state index in [1.54, 1.807) is 0 Å². The number of aryl methyl sites for hydroxylation is 1. The second kappa shape index (κ2) is 6.70. The van der Waals surface area contributed by atoms with Crippen LogP contribution in [-0.4, -0.2) is 12.6 Å². The van der Waals surface area contributed by atoms with E-state index < -0.39 is 0 Å². The average Bonchev–Trinajstić information content (AvgIpc) is 2.27. The lowest BCUT2D eigenvalue weighted by atomic mass is 9.94. The van der Waals surface area contributed by atoms with Crippen LogP contribution in [0.5, 0.6) is 0 Å². The van der Waals surface area contributed by atoms with Crippen LogP contribution in [0.1, 0.15) is 50.7 Å². The highest BCUT2D eigenvalue weighted by molar-refractivity contribution is 5.24. The molecule has 0 aliphatic carbocycles. The summed E-state index contributed by atoms with van der Waals surface area (Å²) in [6.45, 7) is 10.1. The third kappa shape index (κ3) is 4.36. The van der Waals surface area contributed by atoms with Crippen LogP contribution in [-0.2, 0) is 0 Å². The summed E-state index contributed by atoms with van der Waals surface area (Å²) in [5.74, 6) is 0.639. The van der Waals surface area contributed by atoms with Gasteiger partial charge in [-0.05, 0) is 44.7 Å². The summed E-state index contributed by atoms with van der Waals surface area (Å²) < 4.78 is 0. The molecule has 2 unspecified atom stereocenters. The van der Waals surface area contributed by atoms with Gasteiger partial charge in [0.1, 0.15) is 0 Å². The highest BCUT2D eigenvalue weighted by Crippen LogP contribution is 2.20. The Hall–Kier alpha value is -0.820. The van der Waals surface area contributed by atoms with E-state index >= 15 is 0 Å². The van der Waals surface area contributed by atoms with Gasteiger partial charge in [-0.25, -0.2) is 0 Å². The normalized spacial score (nSPS) is 14.8. The van der Waals surface area contributed by atoms with E-state index in [-0.39, 0.29) is 0 Å². The number of rotatable bonds is 6. The van der Waals surface area contributed by atoms with E-state index in [0.717, 1.165) is 6.54 Å². The third-order valence-corrected chi connectivity index (χ3v) is 3.10. The van der Waals surface area contributed by atoms with E-state index in [1.807, 2.05) is 0 Å². The van der Waals surface area contributed by atoms with E-state index in [9.17, 15) is 0 Å². The lowest BCUT2D eigenvalue weighted by Crippen LogP contribution is -2.27. The molecule has 1 nitrogen and oxygen atoms in total. The molecule has 0 saturated heterocycles. The van der Waals surface area contributed by atoms with Crippen molar-refractivity contribution in [3.8, 4) is 0 Å². The van der Waals surface area contributed by atoms with Gasteiger partial charge in [-0.2, -0.15) is 0 Å². The predicted octanol–water partition coefficient (Wildman–Crippen LogP) is 3.88. The fourth-order valence-corrected chi connectivity index (χ4v) is 2.04. The topological polar surface area (TPSA) is 12.0 Å². The predicted molar refractivity (Wildman–Crippen MR) is 72.0 cm³/mol. The average molecular weight is 219 g/mol. The molecule has 0 saturated carbocycles. The Morgan fingerprint density at radius 2 is 1.75 bits per heavy atom. The van der Waals surface area contributed by atoms with E-state index in [0.29, 0.717) is 12.0 Å². The van der Waals surface area contributed by atoms with Crippen LogP contribution in [0.4, 0.5) is 0 Å². The van der Waals surface area contributed by atoms with Crippen LogP contribution >= 0.6 is 0 Å². The molecule has 0 heterocycles. The van der Waals surface area contributed by atoms with E-state index in [2.05, 4.69) is 57.3 Å². The maximum atomic E-state index is 3.54. The molecule has 1 heteroatoms. The van der Waals surface area contributed by atoms with Crippen molar-refractivity contribution in [1.29, 1.82) is 0 Å². The summed E-state index contributed by atoms with van der Waals surface area (Å²) in [7, 11) is 0. The lowest BCUT2D eigenvalue weighted by Gasteiger charge is -2.18. The molecule has 1 rings (SSSR count). The Balaban J connectivity index is 2.45. The molecule has 0 fully saturated rings. The van der Waals surface area contributed by atoms with Gasteiger partial charge in [0.2, 0.25) is 0 Å². The molecule has 1 N–H and O–H groups in total. The molecular formula is C15H25N. The molecule has 90 valence electrons.